The molecule has 0 atom stereocenters. The number of hydrogen-bond acceptors (Lipinski definition) is 4. The zero-order valence-electron chi connectivity index (χ0n) is 7.11. The molecule has 0 aliphatic heterocycles. The molecule has 0 bridgehead atoms. The topological polar surface area (TPSA) is 55.1 Å². The average molecular weight is 208 g/mol. The van der Waals surface area contributed by atoms with Gasteiger partial charge in [-0.25, -0.2) is 0 Å². The lowest BCUT2D eigenvalue weighted by molar-refractivity contribution is 0.939. The minimum atomic E-state index is 0.352. The Hall–Kier alpha value is -1.80. The molecule has 0 spiro atoms. The van der Waals surface area contributed by atoms with Crippen molar-refractivity contribution < 1.29 is 0 Å². The van der Waals surface area contributed by atoms with Crippen LogP contribution >= 0.6 is 11.6 Å². The van der Waals surface area contributed by atoms with Crippen molar-refractivity contribution in [3.63, 3.8) is 0 Å². The highest BCUT2D eigenvalue weighted by atomic mass is 35.5. The Kier molecular flexibility index (Phi) is 2.21. The van der Waals surface area contributed by atoms with E-state index in [9.17, 15) is 0 Å². The van der Waals surface area contributed by atoms with Crippen molar-refractivity contribution in [1.29, 1.82) is 0 Å². The summed E-state index contributed by atoms with van der Waals surface area (Å²) < 4.78 is 1.53. The molecule has 0 aliphatic rings. The lowest BCUT2D eigenvalue weighted by atomic mass is 10.5. The molecular weight excluding hydrogens is 202 g/mol. The molecule has 2 aromatic heterocycles. The number of anilines is 1. The summed E-state index contributed by atoms with van der Waals surface area (Å²) in [5, 5.41) is 7.28. The van der Waals surface area contributed by atoms with E-state index in [1.54, 1.807) is 6.07 Å². The Labute approximate surface area is 85.1 Å². The number of hydrogen-bond donors (Lipinski definition) is 1. The molecule has 0 amide bonds. The van der Waals surface area contributed by atoms with Crippen molar-refractivity contribution in [3.8, 4) is 12.3 Å². The van der Waals surface area contributed by atoms with Gasteiger partial charge >= 0.3 is 0 Å². The molecule has 0 fully saturated rings. The molecule has 0 unspecified atom stereocenters. The smallest absolute Gasteiger partial charge is 0.255 e. The number of halogens is 1. The van der Waals surface area contributed by atoms with Crippen LogP contribution in [0.4, 0.5) is 5.82 Å². The monoisotopic (exact) mass is 207 g/mol. The van der Waals surface area contributed by atoms with E-state index in [0.717, 1.165) is 0 Å². The summed E-state index contributed by atoms with van der Waals surface area (Å²) in [5.74, 6) is 3.57. The van der Waals surface area contributed by atoms with Crippen molar-refractivity contribution in [2.45, 2.75) is 0 Å². The number of terminal acetylenes is 1. The average Bonchev–Trinajstić information content (AvgIpc) is 2.61. The van der Waals surface area contributed by atoms with Crippen LogP contribution in [0.2, 0.25) is 5.15 Å². The van der Waals surface area contributed by atoms with Crippen LogP contribution in [0.3, 0.4) is 0 Å². The van der Waals surface area contributed by atoms with Crippen molar-refractivity contribution in [2.24, 2.45) is 0 Å². The molecule has 6 heteroatoms. The van der Waals surface area contributed by atoms with E-state index in [0.29, 0.717) is 23.3 Å². The minimum absolute atomic E-state index is 0.352. The summed E-state index contributed by atoms with van der Waals surface area (Å²) in [5.41, 5.74) is 0. The standard InChI is InChI=1S/C8H6ClN5/c1-2-3-10-7-4-6(9)13-8-11-5-12-14(7)8/h1,4-5,10H,3H2. The van der Waals surface area contributed by atoms with Gasteiger partial charge in [-0.15, -0.1) is 6.42 Å². The number of nitrogens with zero attached hydrogens (tertiary/aromatic N) is 4. The number of nitrogens with one attached hydrogen (secondary N) is 1. The Morgan fingerprint density at radius 2 is 2.50 bits per heavy atom. The lowest BCUT2D eigenvalue weighted by Crippen LogP contribution is -2.05. The zero-order valence-corrected chi connectivity index (χ0v) is 7.86. The highest BCUT2D eigenvalue weighted by molar-refractivity contribution is 6.29. The predicted molar refractivity (Wildman–Crippen MR) is 53.1 cm³/mol. The summed E-state index contributed by atoms with van der Waals surface area (Å²) in [4.78, 5) is 7.88. The van der Waals surface area contributed by atoms with Crippen molar-refractivity contribution >= 4 is 23.2 Å². The summed E-state index contributed by atoms with van der Waals surface area (Å²) in [7, 11) is 0. The van der Waals surface area contributed by atoms with Crippen molar-refractivity contribution in [1.82, 2.24) is 19.6 Å². The molecular formula is C8H6ClN5. The van der Waals surface area contributed by atoms with E-state index < -0.39 is 0 Å². The van der Waals surface area contributed by atoms with Crippen LogP contribution in [-0.4, -0.2) is 26.1 Å². The van der Waals surface area contributed by atoms with Crippen LogP contribution in [0, 0.1) is 12.3 Å². The van der Waals surface area contributed by atoms with Gasteiger partial charge in [0.05, 0.1) is 6.54 Å². The molecule has 2 rings (SSSR count). The fourth-order valence-electron chi connectivity index (χ4n) is 1.05. The van der Waals surface area contributed by atoms with Gasteiger partial charge in [0.1, 0.15) is 17.3 Å². The quantitative estimate of drug-likeness (QED) is 0.585. The largest absolute Gasteiger partial charge is 0.359 e. The molecule has 14 heavy (non-hydrogen) atoms. The van der Waals surface area contributed by atoms with Crippen molar-refractivity contribution in [3.05, 3.63) is 17.5 Å². The number of rotatable bonds is 2. The maximum atomic E-state index is 5.78. The third-order valence-corrected chi connectivity index (χ3v) is 1.79. The summed E-state index contributed by atoms with van der Waals surface area (Å²) in [6, 6.07) is 1.64. The van der Waals surface area contributed by atoms with Gasteiger partial charge in [0.15, 0.2) is 0 Å². The Balaban J connectivity index is 2.51. The first kappa shape index (κ1) is 8.78. The molecule has 70 valence electrons. The molecule has 0 aromatic carbocycles. The highest BCUT2D eigenvalue weighted by Gasteiger charge is 2.04. The van der Waals surface area contributed by atoms with Crippen LogP contribution in [0.1, 0.15) is 0 Å². The molecule has 5 nitrogen and oxygen atoms in total. The second kappa shape index (κ2) is 3.52. The van der Waals surface area contributed by atoms with Gasteiger partial charge in [-0.1, -0.05) is 17.5 Å². The van der Waals surface area contributed by atoms with E-state index in [4.69, 9.17) is 18.0 Å². The normalized spacial score (nSPS) is 10.0. The summed E-state index contributed by atoms with van der Waals surface area (Å²) in [6.45, 7) is 0.398. The third-order valence-electron chi connectivity index (χ3n) is 1.59. The molecule has 1 N–H and O–H groups in total. The SMILES string of the molecule is C#CCNc1cc(Cl)nc2ncnn12. The predicted octanol–water partition coefficient (Wildman–Crippen LogP) is 0.823. The molecule has 0 saturated heterocycles. The van der Waals surface area contributed by atoms with E-state index in [1.807, 2.05) is 0 Å². The molecule has 0 saturated carbocycles. The molecule has 0 radical (unpaired) electrons. The van der Waals surface area contributed by atoms with E-state index in [1.165, 1.54) is 10.8 Å². The van der Waals surface area contributed by atoms with Gasteiger partial charge in [-0.2, -0.15) is 19.6 Å². The van der Waals surface area contributed by atoms with Crippen LogP contribution in [0.15, 0.2) is 12.4 Å². The lowest BCUT2D eigenvalue weighted by Gasteiger charge is -2.04. The first-order valence-electron chi connectivity index (χ1n) is 3.85. The minimum Gasteiger partial charge on any atom is -0.359 e. The second-order valence-electron chi connectivity index (χ2n) is 2.49. The zero-order chi connectivity index (χ0) is 9.97. The fraction of sp³-hybridized carbons (Fsp3) is 0.125. The summed E-state index contributed by atoms with van der Waals surface area (Å²) >= 11 is 5.78. The molecule has 0 aliphatic carbocycles. The van der Waals surface area contributed by atoms with Crippen LogP contribution in [0.5, 0.6) is 0 Å². The van der Waals surface area contributed by atoms with Gasteiger partial charge in [0.2, 0.25) is 0 Å². The first-order valence-corrected chi connectivity index (χ1v) is 4.22. The molecule has 2 aromatic rings. The number of aromatic nitrogens is 4. The fourth-order valence-corrected chi connectivity index (χ4v) is 1.23. The Morgan fingerprint density at radius 3 is 3.29 bits per heavy atom. The maximum absolute atomic E-state index is 5.78. The Bertz CT molecular complexity index is 498. The maximum Gasteiger partial charge on any atom is 0.255 e. The highest BCUT2D eigenvalue weighted by Crippen LogP contribution is 2.13. The Morgan fingerprint density at radius 1 is 1.64 bits per heavy atom. The molecule has 2 heterocycles. The van der Waals surface area contributed by atoms with Crippen LogP contribution in [0.25, 0.3) is 5.78 Å². The second-order valence-corrected chi connectivity index (χ2v) is 2.88. The van der Waals surface area contributed by atoms with Gasteiger partial charge in [-0.05, 0) is 0 Å². The van der Waals surface area contributed by atoms with E-state index >= 15 is 0 Å². The third kappa shape index (κ3) is 1.47. The van der Waals surface area contributed by atoms with E-state index in [-0.39, 0.29) is 0 Å². The summed E-state index contributed by atoms with van der Waals surface area (Å²) in [6.07, 6.45) is 6.53. The first-order chi connectivity index (χ1) is 6.81. The van der Waals surface area contributed by atoms with Gasteiger partial charge in [0.25, 0.3) is 5.78 Å². The van der Waals surface area contributed by atoms with Crippen LogP contribution < -0.4 is 5.32 Å². The van der Waals surface area contributed by atoms with Gasteiger partial charge < -0.3 is 5.32 Å². The van der Waals surface area contributed by atoms with Gasteiger partial charge in [-0.3, -0.25) is 0 Å². The van der Waals surface area contributed by atoms with E-state index in [2.05, 4.69) is 26.3 Å². The van der Waals surface area contributed by atoms with Crippen molar-refractivity contribution in [2.75, 3.05) is 11.9 Å². The van der Waals surface area contributed by atoms with Gasteiger partial charge in [0, 0.05) is 6.07 Å². The number of fused-ring (bicyclic) bond motifs is 1. The van der Waals surface area contributed by atoms with Crippen LogP contribution in [-0.2, 0) is 0 Å².